The van der Waals surface area contributed by atoms with Gasteiger partial charge < -0.3 is 24.2 Å². The average Bonchev–Trinajstić information content (AvgIpc) is 2.46. The van der Waals surface area contributed by atoms with Crippen molar-refractivity contribution in [1.29, 1.82) is 0 Å². The molecule has 25 heavy (non-hydrogen) atoms. The summed E-state index contributed by atoms with van der Waals surface area (Å²) in [7, 11) is -4.64. The van der Waals surface area contributed by atoms with Gasteiger partial charge >= 0.3 is 19.8 Å². The zero-order valence-corrected chi connectivity index (χ0v) is 16.5. The van der Waals surface area contributed by atoms with Crippen LogP contribution in [0.5, 0.6) is 0 Å². The number of hydrogen-bond donors (Lipinski definition) is 3. The lowest BCUT2D eigenvalue weighted by Gasteiger charge is -2.08. The van der Waals surface area contributed by atoms with E-state index in [1.165, 1.54) is 0 Å². The van der Waals surface area contributed by atoms with Crippen molar-refractivity contribution in [3.8, 4) is 0 Å². The topological polar surface area (TPSA) is 130 Å². The van der Waals surface area contributed by atoms with Crippen molar-refractivity contribution in [2.24, 2.45) is 0 Å². The lowest BCUT2D eigenvalue weighted by atomic mass is 10.3. The molecule has 8 nitrogen and oxygen atoms in total. The summed E-state index contributed by atoms with van der Waals surface area (Å²) in [6.45, 7) is 10.1. The number of carbonyl (C=O) groups excluding carboxylic acids is 2. The van der Waals surface area contributed by atoms with E-state index >= 15 is 0 Å². The third-order valence-electron chi connectivity index (χ3n) is 2.00. The standard InChI is InChI=1S/2C7H11ClO2.H3O4P/c2*1-3-7(9)10-6(2)4-5-8;1-5(2,3)4/h2*3,6H,1,4-5H2,2H3;(H3,1,2,3,4). The average molecular weight is 423 g/mol. The summed E-state index contributed by atoms with van der Waals surface area (Å²) in [5.41, 5.74) is 0. The fraction of sp³-hybridized carbons (Fsp3) is 0.571. The molecule has 0 saturated carbocycles. The van der Waals surface area contributed by atoms with Gasteiger partial charge in [-0.3, -0.25) is 0 Å². The SMILES string of the molecule is C=CC(=O)OC(C)CCCl.C=CC(=O)OC(C)CCCl.O=P(O)(O)O. The number of phosphoric acid groups is 1. The molecule has 0 amide bonds. The fourth-order valence-corrected chi connectivity index (χ4v) is 1.53. The number of carbonyl (C=O) groups is 2. The van der Waals surface area contributed by atoms with Gasteiger partial charge in [-0.1, -0.05) is 13.2 Å². The summed E-state index contributed by atoms with van der Waals surface area (Å²) >= 11 is 10.8. The maximum Gasteiger partial charge on any atom is 0.466 e. The van der Waals surface area contributed by atoms with E-state index in [9.17, 15) is 9.59 Å². The van der Waals surface area contributed by atoms with Crippen molar-refractivity contribution in [2.45, 2.75) is 38.9 Å². The maximum atomic E-state index is 10.5. The molecule has 148 valence electrons. The minimum atomic E-state index is -4.64. The van der Waals surface area contributed by atoms with Gasteiger partial charge in [0, 0.05) is 23.9 Å². The van der Waals surface area contributed by atoms with Crippen molar-refractivity contribution in [3.05, 3.63) is 25.3 Å². The second kappa shape index (κ2) is 17.9. The van der Waals surface area contributed by atoms with Crippen LogP contribution in [-0.4, -0.2) is 50.6 Å². The lowest BCUT2D eigenvalue weighted by Crippen LogP contribution is -2.12. The monoisotopic (exact) mass is 422 g/mol. The molecule has 0 aliphatic rings. The molecule has 0 aliphatic carbocycles. The van der Waals surface area contributed by atoms with Crippen molar-refractivity contribution in [1.82, 2.24) is 0 Å². The molecule has 0 aromatic rings. The van der Waals surface area contributed by atoms with Crippen LogP contribution in [0.3, 0.4) is 0 Å². The second-order valence-electron chi connectivity index (χ2n) is 4.37. The predicted molar refractivity (Wildman–Crippen MR) is 96.4 cm³/mol. The van der Waals surface area contributed by atoms with E-state index in [0.29, 0.717) is 24.6 Å². The van der Waals surface area contributed by atoms with Crippen LogP contribution in [0, 0.1) is 0 Å². The first-order chi connectivity index (χ1) is 11.4. The minimum absolute atomic E-state index is 0.108. The van der Waals surface area contributed by atoms with Crippen LogP contribution in [-0.2, 0) is 23.6 Å². The molecular formula is C14H25Cl2O8P. The highest BCUT2D eigenvalue weighted by Crippen LogP contribution is 2.25. The summed E-state index contributed by atoms with van der Waals surface area (Å²) in [5, 5.41) is 0. The summed E-state index contributed by atoms with van der Waals surface area (Å²) in [4.78, 5) is 42.6. The second-order valence-corrected chi connectivity index (χ2v) is 6.15. The molecule has 0 heterocycles. The van der Waals surface area contributed by atoms with E-state index in [-0.39, 0.29) is 12.2 Å². The number of halogens is 2. The number of hydrogen-bond acceptors (Lipinski definition) is 5. The van der Waals surface area contributed by atoms with E-state index in [1.807, 2.05) is 0 Å². The van der Waals surface area contributed by atoms with Crippen LogP contribution in [0.1, 0.15) is 26.7 Å². The van der Waals surface area contributed by atoms with Crippen molar-refractivity contribution in [2.75, 3.05) is 11.8 Å². The van der Waals surface area contributed by atoms with Gasteiger partial charge in [-0.2, -0.15) is 0 Å². The van der Waals surface area contributed by atoms with Crippen molar-refractivity contribution in [3.63, 3.8) is 0 Å². The normalized spacial score (nSPS) is 12.1. The molecule has 0 fully saturated rings. The Bertz CT molecular complexity index is 400. The van der Waals surface area contributed by atoms with Crippen LogP contribution < -0.4 is 0 Å². The molecule has 0 spiro atoms. The molecule has 2 unspecified atom stereocenters. The van der Waals surface area contributed by atoms with Crippen molar-refractivity contribution >= 4 is 43.0 Å². The number of esters is 2. The van der Waals surface area contributed by atoms with Gasteiger partial charge in [0.2, 0.25) is 0 Å². The maximum absolute atomic E-state index is 10.5. The van der Waals surface area contributed by atoms with E-state index in [2.05, 4.69) is 13.2 Å². The molecule has 3 N–H and O–H groups in total. The van der Waals surface area contributed by atoms with Gasteiger partial charge in [0.1, 0.15) is 12.2 Å². The van der Waals surface area contributed by atoms with Gasteiger partial charge in [0.25, 0.3) is 0 Å². The first kappa shape index (κ1) is 28.9. The quantitative estimate of drug-likeness (QED) is 0.235. The summed E-state index contributed by atoms with van der Waals surface area (Å²) in [5.74, 6) is 0.229. The van der Waals surface area contributed by atoms with Gasteiger partial charge in [0.05, 0.1) is 0 Å². The first-order valence-electron chi connectivity index (χ1n) is 6.97. The Hall–Kier alpha value is -0.890. The lowest BCUT2D eigenvalue weighted by molar-refractivity contribution is -0.143. The first-order valence-corrected chi connectivity index (χ1v) is 9.60. The van der Waals surface area contributed by atoms with Crippen LogP contribution in [0.4, 0.5) is 0 Å². The zero-order valence-electron chi connectivity index (χ0n) is 14.1. The Balaban J connectivity index is -0.000000308. The largest absolute Gasteiger partial charge is 0.466 e. The Labute approximate surface area is 157 Å². The van der Waals surface area contributed by atoms with Gasteiger partial charge in [-0.25, -0.2) is 14.2 Å². The predicted octanol–water partition coefficient (Wildman–Crippen LogP) is 2.54. The Morgan fingerprint density at radius 3 is 1.36 bits per heavy atom. The minimum Gasteiger partial charge on any atom is -0.459 e. The highest BCUT2D eigenvalue weighted by molar-refractivity contribution is 7.45. The Morgan fingerprint density at radius 1 is 0.960 bits per heavy atom. The number of ether oxygens (including phenoxy) is 2. The Morgan fingerprint density at radius 2 is 1.20 bits per heavy atom. The molecule has 0 bridgehead atoms. The molecule has 0 rings (SSSR count). The van der Waals surface area contributed by atoms with Crippen LogP contribution in [0.25, 0.3) is 0 Å². The molecule has 0 radical (unpaired) electrons. The van der Waals surface area contributed by atoms with Gasteiger partial charge in [-0.15, -0.1) is 23.2 Å². The molecular weight excluding hydrogens is 398 g/mol. The molecule has 11 heteroatoms. The molecule has 0 aliphatic heterocycles. The number of alkyl halides is 2. The van der Waals surface area contributed by atoms with E-state index in [4.69, 9.17) is 51.9 Å². The van der Waals surface area contributed by atoms with Crippen LogP contribution in [0.15, 0.2) is 25.3 Å². The van der Waals surface area contributed by atoms with Gasteiger partial charge in [-0.05, 0) is 26.7 Å². The smallest absolute Gasteiger partial charge is 0.459 e. The molecule has 2 atom stereocenters. The highest BCUT2D eigenvalue weighted by Gasteiger charge is 2.04. The van der Waals surface area contributed by atoms with Crippen LogP contribution in [0.2, 0.25) is 0 Å². The zero-order chi connectivity index (χ0) is 20.5. The molecule has 0 saturated heterocycles. The Kier molecular flexibility index (Phi) is 20.7. The highest BCUT2D eigenvalue weighted by atomic mass is 35.5. The summed E-state index contributed by atoms with van der Waals surface area (Å²) in [6.07, 6.45) is 3.43. The summed E-state index contributed by atoms with van der Waals surface area (Å²) in [6, 6.07) is 0. The third-order valence-corrected chi connectivity index (χ3v) is 2.44. The fourth-order valence-electron chi connectivity index (χ4n) is 0.918. The van der Waals surface area contributed by atoms with E-state index in [0.717, 1.165) is 12.2 Å². The van der Waals surface area contributed by atoms with E-state index < -0.39 is 19.8 Å². The van der Waals surface area contributed by atoms with Crippen LogP contribution >= 0.6 is 31.0 Å². The molecule has 0 aromatic carbocycles. The number of rotatable bonds is 8. The third kappa shape index (κ3) is 35.2. The van der Waals surface area contributed by atoms with Crippen molar-refractivity contribution < 1.29 is 38.3 Å². The van der Waals surface area contributed by atoms with Gasteiger partial charge in [0.15, 0.2) is 0 Å². The van der Waals surface area contributed by atoms with E-state index in [1.54, 1.807) is 13.8 Å². The molecule has 0 aromatic heterocycles. The summed E-state index contributed by atoms with van der Waals surface area (Å²) < 4.78 is 18.5.